The Hall–Kier alpha value is -0.810. The monoisotopic (exact) mass is 203 g/mol. The smallest absolute Gasteiger partial charge is 0.156 e. The zero-order valence-electron chi connectivity index (χ0n) is 8.74. The topological polar surface area (TPSA) is 90.9 Å². The van der Waals surface area contributed by atoms with Crippen molar-refractivity contribution in [2.24, 2.45) is 10.9 Å². The molecule has 0 heterocycles. The maximum Gasteiger partial charge on any atom is 0.156 e. The van der Waals surface area contributed by atoms with Crippen LogP contribution >= 0.6 is 0 Å². The van der Waals surface area contributed by atoms with Crippen LogP contribution in [0.15, 0.2) is 5.16 Å². The molecule has 84 valence electrons. The molecule has 14 heavy (non-hydrogen) atoms. The van der Waals surface area contributed by atoms with Gasteiger partial charge in [-0.25, -0.2) is 0 Å². The highest BCUT2D eigenvalue weighted by Crippen LogP contribution is 1.95. The van der Waals surface area contributed by atoms with Gasteiger partial charge in [0.1, 0.15) is 0 Å². The molecule has 0 spiro atoms. The second-order valence-corrected chi connectivity index (χ2v) is 3.22. The average Bonchev–Trinajstić information content (AvgIpc) is 2.22. The van der Waals surface area contributed by atoms with Gasteiger partial charge < -0.3 is 21.4 Å². The van der Waals surface area contributed by atoms with E-state index in [1.165, 1.54) is 0 Å². The molecular weight excluding hydrogens is 182 g/mol. The Morgan fingerprint density at radius 2 is 2.14 bits per heavy atom. The first-order valence-corrected chi connectivity index (χ1v) is 5.07. The van der Waals surface area contributed by atoms with E-state index in [0.29, 0.717) is 0 Å². The molecule has 5 N–H and O–H groups in total. The van der Waals surface area contributed by atoms with Crippen LogP contribution in [0.3, 0.4) is 0 Å². The van der Waals surface area contributed by atoms with Crippen LogP contribution in [0.25, 0.3) is 0 Å². The summed E-state index contributed by atoms with van der Waals surface area (Å²) in [4.78, 5) is 0. The number of nitrogens with zero attached hydrogens (tertiary/aromatic N) is 1. The first kappa shape index (κ1) is 13.2. The van der Waals surface area contributed by atoms with E-state index in [9.17, 15) is 0 Å². The van der Waals surface area contributed by atoms with Crippen molar-refractivity contribution in [2.75, 3.05) is 13.2 Å². The Balaban J connectivity index is 3.53. The molecule has 0 saturated carbocycles. The molecule has 0 bridgehead atoms. The van der Waals surface area contributed by atoms with Crippen LogP contribution in [0.1, 0.15) is 32.6 Å². The first-order valence-electron chi connectivity index (χ1n) is 5.07. The molecule has 0 rings (SSSR count). The number of hydrogen-bond donors (Lipinski definition) is 4. The fourth-order valence-corrected chi connectivity index (χ4v) is 1.22. The highest BCUT2D eigenvalue weighted by Gasteiger charge is 2.09. The number of amidine groups is 1. The van der Waals surface area contributed by atoms with Crippen molar-refractivity contribution in [3.05, 3.63) is 0 Å². The molecule has 0 aliphatic rings. The number of oxime groups is 1. The number of hydrogen-bond acceptors (Lipinski definition) is 4. The standard InChI is InChI=1S/C9H21N3O2/c1-2-8(9(10)12-14)11-6-4-3-5-7-13/h8,11,13-14H,2-7H2,1H3,(H2,10,12). The Morgan fingerprint density at radius 1 is 1.43 bits per heavy atom. The van der Waals surface area contributed by atoms with Gasteiger partial charge in [0.15, 0.2) is 5.84 Å². The highest BCUT2D eigenvalue weighted by atomic mass is 16.4. The number of rotatable bonds is 8. The third-order valence-electron chi connectivity index (χ3n) is 2.11. The fraction of sp³-hybridized carbons (Fsp3) is 0.889. The van der Waals surface area contributed by atoms with Crippen LogP contribution in [-0.2, 0) is 0 Å². The van der Waals surface area contributed by atoms with Gasteiger partial charge in [0.25, 0.3) is 0 Å². The number of aliphatic hydroxyl groups is 1. The van der Waals surface area contributed by atoms with E-state index in [1.807, 2.05) is 6.92 Å². The molecule has 0 saturated heterocycles. The highest BCUT2D eigenvalue weighted by molar-refractivity contribution is 5.85. The minimum atomic E-state index is -0.0471. The van der Waals surface area contributed by atoms with Crippen LogP contribution in [0, 0.1) is 0 Å². The summed E-state index contributed by atoms with van der Waals surface area (Å²) in [5.74, 6) is 0.231. The lowest BCUT2D eigenvalue weighted by Crippen LogP contribution is -2.41. The summed E-state index contributed by atoms with van der Waals surface area (Å²) in [7, 11) is 0. The molecule has 0 amide bonds. The fourth-order valence-electron chi connectivity index (χ4n) is 1.22. The van der Waals surface area contributed by atoms with Crippen molar-refractivity contribution < 1.29 is 10.3 Å². The Bertz CT molecular complexity index is 162. The van der Waals surface area contributed by atoms with Gasteiger partial charge in [-0.05, 0) is 32.2 Å². The van der Waals surface area contributed by atoms with Crippen molar-refractivity contribution in [1.29, 1.82) is 0 Å². The minimum absolute atomic E-state index is 0.0471. The average molecular weight is 203 g/mol. The van der Waals surface area contributed by atoms with Crippen LogP contribution in [-0.4, -0.2) is 35.3 Å². The van der Waals surface area contributed by atoms with E-state index in [2.05, 4.69) is 10.5 Å². The lowest BCUT2D eigenvalue weighted by molar-refractivity contribution is 0.282. The molecule has 5 nitrogen and oxygen atoms in total. The van der Waals surface area contributed by atoms with Gasteiger partial charge in [0.05, 0.1) is 6.04 Å². The van der Waals surface area contributed by atoms with Crippen LogP contribution in [0.5, 0.6) is 0 Å². The maximum absolute atomic E-state index is 8.55. The summed E-state index contributed by atoms with van der Waals surface area (Å²) in [6.45, 7) is 3.05. The van der Waals surface area contributed by atoms with Crippen molar-refractivity contribution in [1.82, 2.24) is 5.32 Å². The number of unbranched alkanes of at least 4 members (excludes halogenated alkanes) is 2. The SMILES string of the molecule is CCC(NCCCCCO)C(N)=NO. The third kappa shape index (κ3) is 5.77. The third-order valence-corrected chi connectivity index (χ3v) is 2.11. The lowest BCUT2D eigenvalue weighted by atomic mass is 10.2. The zero-order chi connectivity index (χ0) is 10.8. The molecule has 0 aliphatic heterocycles. The molecule has 0 fully saturated rings. The molecule has 1 unspecified atom stereocenters. The van der Waals surface area contributed by atoms with Crippen LogP contribution in [0.4, 0.5) is 0 Å². The normalized spacial score (nSPS) is 14.3. The molecule has 0 aromatic carbocycles. The van der Waals surface area contributed by atoms with Gasteiger partial charge in [-0.3, -0.25) is 0 Å². The number of aliphatic hydroxyl groups excluding tert-OH is 1. The molecule has 0 aromatic heterocycles. The summed E-state index contributed by atoms with van der Waals surface area (Å²) >= 11 is 0. The van der Waals surface area contributed by atoms with E-state index in [0.717, 1.165) is 32.2 Å². The van der Waals surface area contributed by atoms with E-state index >= 15 is 0 Å². The van der Waals surface area contributed by atoms with Crippen molar-refractivity contribution >= 4 is 5.84 Å². The molecular formula is C9H21N3O2. The molecule has 1 atom stereocenters. The number of nitrogens with one attached hydrogen (secondary N) is 1. The quantitative estimate of drug-likeness (QED) is 0.150. The largest absolute Gasteiger partial charge is 0.409 e. The maximum atomic E-state index is 8.55. The van der Waals surface area contributed by atoms with Gasteiger partial charge >= 0.3 is 0 Å². The lowest BCUT2D eigenvalue weighted by Gasteiger charge is -2.14. The van der Waals surface area contributed by atoms with Gasteiger partial charge in [-0.1, -0.05) is 12.1 Å². The molecule has 0 aliphatic carbocycles. The number of nitrogens with two attached hydrogens (primary N) is 1. The van der Waals surface area contributed by atoms with E-state index in [1.54, 1.807) is 0 Å². The Morgan fingerprint density at radius 3 is 2.64 bits per heavy atom. The van der Waals surface area contributed by atoms with Gasteiger partial charge in [-0.2, -0.15) is 0 Å². The zero-order valence-corrected chi connectivity index (χ0v) is 8.74. The Kier molecular flexibility index (Phi) is 8.27. The summed E-state index contributed by atoms with van der Waals surface area (Å²) in [6, 6.07) is -0.0471. The van der Waals surface area contributed by atoms with E-state index < -0.39 is 0 Å². The van der Waals surface area contributed by atoms with Gasteiger partial charge in [0, 0.05) is 6.61 Å². The van der Waals surface area contributed by atoms with Crippen LogP contribution < -0.4 is 11.1 Å². The predicted octanol–water partition coefficient (Wildman–Crippen LogP) is 0.264. The molecule has 5 heteroatoms. The second kappa shape index (κ2) is 8.77. The van der Waals surface area contributed by atoms with Gasteiger partial charge in [-0.15, -0.1) is 0 Å². The Labute approximate surface area is 85.0 Å². The van der Waals surface area contributed by atoms with E-state index in [-0.39, 0.29) is 18.5 Å². The van der Waals surface area contributed by atoms with Crippen LogP contribution in [0.2, 0.25) is 0 Å². The minimum Gasteiger partial charge on any atom is -0.409 e. The van der Waals surface area contributed by atoms with E-state index in [4.69, 9.17) is 16.0 Å². The van der Waals surface area contributed by atoms with Crippen molar-refractivity contribution in [3.8, 4) is 0 Å². The molecule has 0 radical (unpaired) electrons. The van der Waals surface area contributed by atoms with Crippen molar-refractivity contribution in [3.63, 3.8) is 0 Å². The second-order valence-electron chi connectivity index (χ2n) is 3.22. The summed E-state index contributed by atoms with van der Waals surface area (Å²) in [5.41, 5.74) is 5.47. The molecule has 0 aromatic rings. The summed E-state index contributed by atoms with van der Waals surface area (Å²) in [6.07, 6.45) is 3.63. The van der Waals surface area contributed by atoms with Crippen molar-refractivity contribution in [2.45, 2.75) is 38.6 Å². The summed E-state index contributed by atoms with van der Waals surface area (Å²) in [5, 5.41) is 23.2. The summed E-state index contributed by atoms with van der Waals surface area (Å²) < 4.78 is 0. The predicted molar refractivity (Wildman–Crippen MR) is 56.4 cm³/mol. The first-order chi connectivity index (χ1) is 6.76. The van der Waals surface area contributed by atoms with Gasteiger partial charge in [0.2, 0.25) is 0 Å².